The summed E-state index contributed by atoms with van der Waals surface area (Å²) in [5, 5.41) is 6.32. The van der Waals surface area contributed by atoms with Gasteiger partial charge < -0.3 is 14.8 Å². The second-order valence-electron chi connectivity index (χ2n) is 7.00. The first-order valence-corrected chi connectivity index (χ1v) is 11.3. The molecule has 0 aliphatic rings. The second kappa shape index (κ2) is 12.9. The Hall–Kier alpha value is -3.85. The van der Waals surface area contributed by atoms with Crippen molar-refractivity contribution >= 4 is 29.1 Å². The Labute approximate surface area is 195 Å². The molecule has 3 rings (SSSR count). The number of ether oxygens (including phenoxy) is 2. The highest BCUT2D eigenvalue weighted by Gasteiger charge is 2.08. The number of hydrogen-bond acceptors (Lipinski definition) is 6. The highest BCUT2D eigenvalue weighted by molar-refractivity contribution is 7.08. The Morgan fingerprint density at radius 2 is 1.52 bits per heavy atom. The van der Waals surface area contributed by atoms with E-state index in [0.717, 1.165) is 5.56 Å². The monoisotopic (exact) mass is 467 g/mol. The summed E-state index contributed by atoms with van der Waals surface area (Å²) in [7, 11) is 0. The average molecular weight is 468 g/mol. The Kier molecular flexibility index (Phi) is 9.29. The van der Waals surface area contributed by atoms with Crippen molar-refractivity contribution in [1.82, 2.24) is 16.2 Å². The molecule has 0 aliphatic heterocycles. The first-order chi connectivity index (χ1) is 16.1. The lowest BCUT2D eigenvalue weighted by molar-refractivity contribution is -0.130. The lowest BCUT2D eigenvalue weighted by atomic mass is 10.2. The van der Waals surface area contributed by atoms with Gasteiger partial charge in [0.2, 0.25) is 5.91 Å². The molecule has 1 aromatic heterocycles. The fourth-order valence-corrected chi connectivity index (χ4v) is 3.34. The van der Waals surface area contributed by atoms with Crippen LogP contribution in [0, 0.1) is 0 Å². The molecule has 0 radical (unpaired) electrons. The van der Waals surface area contributed by atoms with Crippen molar-refractivity contribution in [3.8, 4) is 11.5 Å². The maximum atomic E-state index is 11.9. The molecule has 0 saturated carbocycles. The maximum absolute atomic E-state index is 11.9. The van der Waals surface area contributed by atoms with Gasteiger partial charge in [0.1, 0.15) is 18.1 Å². The lowest BCUT2D eigenvalue weighted by Crippen LogP contribution is -2.44. The van der Waals surface area contributed by atoms with Crippen LogP contribution >= 0.6 is 11.3 Å². The van der Waals surface area contributed by atoms with Gasteiger partial charge in [-0.05, 0) is 47.7 Å². The summed E-state index contributed by atoms with van der Waals surface area (Å²) in [4.78, 5) is 35.5. The number of nitrogens with one attached hydrogen (secondary N) is 3. The average Bonchev–Trinajstić information content (AvgIpc) is 3.39. The fourth-order valence-electron chi connectivity index (χ4n) is 2.71. The van der Waals surface area contributed by atoms with Crippen LogP contribution in [-0.4, -0.2) is 30.9 Å². The SMILES string of the molecule is O=C(CCCNC(=O)c1ccsc1)NNC(=O)COc1ccc(OCc2ccccc2)cc1. The van der Waals surface area contributed by atoms with Crippen molar-refractivity contribution in [1.29, 1.82) is 0 Å². The van der Waals surface area contributed by atoms with Crippen molar-refractivity contribution in [2.75, 3.05) is 13.2 Å². The molecule has 3 amide bonds. The third-order valence-corrected chi connectivity index (χ3v) is 5.12. The van der Waals surface area contributed by atoms with Gasteiger partial charge in [0.05, 0.1) is 0 Å². The van der Waals surface area contributed by atoms with Gasteiger partial charge in [0, 0.05) is 23.9 Å². The van der Waals surface area contributed by atoms with Crippen LogP contribution in [0.2, 0.25) is 0 Å². The molecule has 3 N–H and O–H groups in total. The van der Waals surface area contributed by atoms with Crippen LogP contribution in [0.5, 0.6) is 11.5 Å². The number of carbonyl (C=O) groups is 3. The molecule has 0 aliphatic carbocycles. The van der Waals surface area contributed by atoms with Crippen molar-refractivity contribution in [3.05, 3.63) is 82.6 Å². The maximum Gasteiger partial charge on any atom is 0.276 e. The van der Waals surface area contributed by atoms with Gasteiger partial charge in [-0.2, -0.15) is 11.3 Å². The van der Waals surface area contributed by atoms with Crippen LogP contribution in [0.1, 0.15) is 28.8 Å². The van der Waals surface area contributed by atoms with E-state index in [-0.39, 0.29) is 24.8 Å². The zero-order valence-electron chi connectivity index (χ0n) is 17.9. The van der Waals surface area contributed by atoms with E-state index >= 15 is 0 Å². The quantitative estimate of drug-likeness (QED) is 0.297. The normalized spacial score (nSPS) is 10.2. The first kappa shape index (κ1) is 23.8. The van der Waals surface area contributed by atoms with E-state index in [1.165, 1.54) is 11.3 Å². The smallest absolute Gasteiger partial charge is 0.276 e. The predicted molar refractivity (Wildman–Crippen MR) is 125 cm³/mol. The molecule has 0 spiro atoms. The van der Waals surface area contributed by atoms with E-state index < -0.39 is 5.91 Å². The minimum atomic E-state index is -0.487. The fraction of sp³-hybridized carbons (Fsp3) is 0.208. The van der Waals surface area contributed by atoms with E-state index in [0.29, 0.717) is 36.6 Å². The summed E-state index contributed by atoms with van der Waals surface area (Å²) in [6.07, 6.45) is 0.613. The van der Waals surface area contributed by atoms with Crippen LogP contribution in [0.4, 0.5) is 0 Å². The summed E-state index contributed by atoms with van der Waals surface area (Å²) in [5.41, 5.74) is 6.30. The molecule has 33 heavy (non-hydrogen) atoms. The number of hydrogen-bond donors (Lipinski definition) is 3. The van der Waals surface area contributed by atoms with Crippen LogP contribution < -0.4 is 25.6 Å². The van der Waals surface area contributed by atoms with Crippen molar-refractivity contribution in [2.24, 2.45) is 0 Å². The summed E-state index contributed by atoms with van der Waals surface area (Å²) in [5.74, 6) is 0.184. The third kappa shape index (κ3) is 8.66. The van der Waals surface area contributed by atoms with Gasteiger partial charge in [-0.3, -0.25) is 25.2 Å². The van der Waals surface area contributed by atoms with Crippen LogP contribution in [-0.2, 0) is 16.2 Å². The van der Waals surface area contributed by atoms with Crippen molar-refractivity contribution < 1.29 is 23.9 Å². The molecular formula is C24H25N3O5S. The molecule has 3 aromatic rings. The Morgan fingerprint density at radius 1 is 0.818 bits per heavy atom. The summed E-state index contributed by atoms with van der Waals surface area (Å²) < 4.78 is 11.1. The first-order valence-electron chi connectivity index (χ1n) is 10.4. The van der Waals surface area contributed by atoms with Gasteiger partial charge in [-0.15, -0.1) is 0 Å². The van der Waals surface area contributed by atoms with Crippen LogP contribution in [0.25, 0.3) is 0 Å². The number of amides is 3. The number of thiophene rings is 1. The minimum absolute atomic E-state index is 0.162. The van der Waals surface area contributed by atoms with Crippen molar-refractivity contribution in [3.63, 3.8) is 0 Å². The molecule has 0 bridgehead atoms. The minimum Gasteiger partial charge on any atom is -0.489 e. The van der Waals surface area contributed by atoms with E-state index in [1.807, 2.05) is 35.7 Å². The molecule has 2 aromatic carbocycles. The summed E-state index contributed by atoms with van der Waals surface area (Å²) in [6, 6.07) is 18.5. The molecule has 172 valence electrons. The zero-order valence-corrected chi connectivity index (χ0v) is 18.7. The van der Waals surface area contributed by atoms with E-state index in [4.69, 9.17) is 9.47 Å². The lowest BCUT2D eigenvalue weighted by Gasteiger charge is -2.10. The van der Waals surface area contributed by atoms with E-state index in [2.05, 4.69) is 16.2 Å². The molecule has 0 unspecified atom stereocenters. The Bertz CT molecular complexity index is 1020. The molecule has 1 heterocycles. The molecule has 0 fully saturated rings. The molecular weight excluding hydrogens is 442 g/mol. The van der Waals surface area contributed by atoms with Crippen LogP contribution in [0.3, 0.4) is 0 Å². The Morgan fingerprint density at radius 3 is 2.21 bits per heavy atom. The van der Waals surface area contributed by atoms with Gasteiger partial charge in [0.15, 0.2) is 6.61 Å². The van der Waals surface area contributed by atoms with Crippen molar-refractivity contribution in [2.45, 2.75) is 19.4 Å². The largest absolute Gasteiger partial charge is 0.489 e. The summed E-state index contributed by atoms with van der Waals surface area (Å²) >= 11 is 1.44. The van der Waals surface area contributed by atoms with Gasteiger partial charge in [0.25, 0.3) is 11.8 Å². The molecule has 8 nitrogen and oxygen atoms in total. The van der Waals surface area contributed by atoms with Gasteiger partial charge in [-0.25, -0.2) is 0 Å². The van der Waals surface area contributed by atoms with E-state index in [9.17, 15) is 14.4 Å². The number of rotatable bonds is 11. The van der Waals surface area contributed by atoms with Gasteiger partial charge >= 0.3 is 0 Å². The number of carbonyl (C=O) groups excluding carboxylic acids is 3. The van der Waals surface area contributed by atoms with E-state index in [1.54, 1.807) is 35.7 Å². The highest BCUT2D eigenvalue weighted by atomic mass is 32.1. The molecule has 0 saturated heterocycles. The zero-order chi connectivity index (χ0) is 23.3. The summed E-state index contributed by atoms with van der Waals surface area (Å²) in [6.45, 7) is 0.579. The topological polar surface area (TPSA) is 106 Å². The highest BCUT2D eigenvalue weighted by Crippen LogP contribution is 2.18. The number of benzene rings is 2. The standard InChI is InChI=1S/C24H25N3O5S/c28-22(7-4-13-25-24(30)19-12-14-33-17-19)26-27-23(29)16-32-21-10-8-20(9-11-21)31-15-18-5-2-1-3-6-18/h1-3,5-6,8-12,14,17H,4,7,13,15-16H2,(H,25,30)(H,26,28)(H,27,29). The predicted octanol–water partition coefficient (Wildman–Crippen LogP) is 3.06. The third-order valence-electron chi connectivity index (χ3n) is 4.43. The Balaban J connectivity index is 1.26. The number of hydrazine groups is 1. The van der Waals surface area contributed by atoms with Gasteiger partial charge in [-0.1, -0.05) is 30.3 Å². The molecule has 0 atom stereocenters. The van der Waals surface area contributed by atoms with Crippen LogP contribution in [0.15, 0.2) is 71.4 Å². The second-order valence-corrected chi connectivity index (χ2v) is 7.78. The molecule has 9 heteroatoms.